The maximum atomic E-state index is 15.8. The summed E-state index contributed by atoms with van der Waals surface area (Å²) in [6, 6.07) is 13.6. The first-order chi connectivity index (χ1) is 26.3. The highest BCUT2D eigenvalue weighted by Gasteiger charge is 2.38. The van der Waals surface area contributed by atoms with E-state index < -0.39 is 80.6 Å². The molecule has 55 heavy (non-hydrogen) atoms. The van der Waals surface area contributed by atoms with Crippen molar-refractivity contribution in [3.63, 3.8) is 0 Å². The van der Waals surface area contributed by atoms with Crippen molar-refractivity contribution >= 4 is 32.6 Å². The van der Waals surface area contributed by atoms with Crippen molar-refractivity contribution in [2.24, 2.45) is 5.92 Å². The second-order valence-electron chi connectivity index (χ2n) is 12.4. The van der Waals surface area contributed by atoms with Crippen LogP contribution in [0.15, 0.2) is 78.0 Å². The Morgan fingerprint density at radius 2 is 1.53 bits per heavy atom. The minimum absolute atomic E-state index is 0.0871. The molecular weight excluding hydrogens is 772 g/mol. The first-order valence-electron chi connectivity index (χ1n) is 16.5. The quantitative estimate of drug-likeness (QED) is 0.0876. The summed E-state index contributed by atoms with van der Waals surface area (Å²) in [5, 5.41) is -0.139. The van der Waals surface area contributed by atoms with Gasteiger partial charge in [0.1, 0.15) is 40.1 Å². The molecule has 11 nitrogen and oxygen atoms in total. The Labute approximate surface area is 317 Å². The fourth-order valence-electron chi connectivity index (χ4n) is 6.26. The van der Waals surface area contributed by atoms with Crippen LogP contribution in [0.25, 0.3) is 0 Å². The van der Waals surface area contributed by atoms with Gasteiger partial charge in [0.15, 0.2) is 23.2 Å². The van der Waals surface area contributed by atoms with Crippen LogP contribution >= 0.6 is 11.5 Å². The number of halogens is 5. The van der Waals surface area contributed by atoms with E-state index in [1.807, 2.05) is 0 Å². The average molecular weight is 805 g/mol. The Kier molecular flexibility index (Phi) is 11.7. The van der Waals surface area contributed by atoms with Gasteiger partial charge in [0.25, 0.3) is 10.0 Å². The van der Waals surface area contributed by atoms with Crippen LogP contribution in [-0.2, 0) is 27.9 Å². The number of methoxy groups -OCH3 is 3. The lowest BCUT2D eigenvalue weighted by atomic mass is 9.80. The first-order valence-corrected chi connectivity index (χ1v) is 18.7. The van der Waals surface area contributed by atoms with E-state index in [4.69, 9.17) is 18.9 Å². The van der Waals surface area contributed by atoms with Gasteiger partial charge in [0.05, 0.1) is 34.5 Å². The molecule has 1 unspecified atom stereocenters. The monoisotopic (exact) mass is 804 g/mol. The highest BCUT2D eigenvalue weighted by Crippen LogP contribution is 2.38. The van der Waals surface area contributed by atoms with Gasteiger partial charge >= 0.3 is 0 Å². The van der Waals surface area contributed by atoms with Crippen molar-refractivity contribution in [1.29, 1.82) is 0 Å². The lowest BCUT2D eigenvalue weighted by Crippen LogP contribution is -2.45. The van der Waals surface area contributed by atoms with E-state index in [9.17, 15) is 22.0 Å². The third-order valence-electron chi connectivity index (χ3n) is 9.12. The number of hydrogen-bond donors (Lipinski definition) is 0. The van der Waals surface area contributed by atoms with Crippen LogP contribution in [0.5, 0.6) is 23.0 Å². The van der Waals surface area contributed by atoms with Crippen molar-refractivity contribution < 1.29 is 54.1 Å². The van der Waals surface area contributed by atoms with Gasteiger partial charge < -0.3 is 23.8 Å². The van der Waals surface area contributed by atoms with Crippen molar-refractivity contribution in [2.45, 2.75) is 30.3 Å². The number of ether oxygens (including phenoxy) is 4. The van der Waals surface area contributed by atoms with Gasteiger partial charge in [-0.2, -0.15) is 4.37 Å². The zero-order valence-electron chi connectivity index (χ0n) is 29.5. The predicted molar refractivity (Wildman–Crippen MR) is 190 cm³/mol. The molecule has 0 saturated carbocycles. The Balaban J connectivity index is 1.28. The predicted octanol–water partition coefficient (Wildman–Crippen LogP) is 6.87. The van der Waals surface area contributed by atoms with E-state index in [1.165, 1.54) is 32.3 Å². The van der Waals surface area contributed by atoms with E-state index in [0.29, 0.717) is 52.9 Å². The molecule has 4 aromatic carbocycles. The number of benzene rings is 4. The molecule has 1 fully saturated rings. The van der Waals surface area contributed by atoms with E-state index in [1.54, 1.807) is 36.4 Å². The fourth-order valence-corrected chi connectivity index (χ4v) is 8.45. The maximum Gasteiger partial charge on any atom is 0.269 e. The first kappa shape index (κ1) is 39.2. The van der Waals surface area contributed by atoms with Crippen molar-refractivity contribution in [3.8, 4) is 23.0 Å². The van der Waals surface area contributed by atoms with Crippen LogP contribution in [0.4, 0.5) is 27.1 Å². The number of likely N-dealkylation sites (tertiary alicyclic amines) is 1. The Morgan fingerprint density at radius 1 is 0.818 bits per heavy atom. The van der Waals surface area contributed by atoms with E-state index in [-0.39, 0.29) is 36.0 Å². The standard InChI is InChI=1S/C37H33F5N4O7S2/c1-50-24-7-4-21(5-8-24)16-45-17-23(26(12-36(45)47)27-11-29(39)30(40)13-28(27)38)19-53-34-14-32(42)35(15-31(34)41)55(48,49)46(37-43-20-44-54-37)18-22-6-9-25(51-2)10-33(22)52-3/h4-11,13-15,20,23,26H,12,16-19H2,1-3H3/t23-,26?/m0/s1. The zero-order chi connectivity index (χ0) is 39.4. The van der Waals surface area contributed by atoms with Gasteiger partial charge in [-0.3, -0.25) is 4.79 Å². The molecular formula is C37H33F5N4O7S2. The maximum absolute atomic E-state index is 15.8. The van der Waals surface area contributed by atoms with Gasteiger partial charge in [-0.15, -0.1) is 0 Å². The number of carbonyl (C=O) groups excluding carboxylic acids is 1. The summed E-state index contributed by atoms with van der Waals surface area (Å²) >= 11 is 0.708. The molecule has 0 spiro atoms. The van der Waals surface area contributed by atoms with Crippen LogP contribution in [0, 0.1) is 35.0 Å². The minimum Gasteiger partial charge on any atom is -0.497 e. The van der Waals surface area contributed by atoms with Gasteiger partial charge in [-0.05, 0) is 41.5 Å². The number of amides is 1. The molecule has 5 aromatic rings. The number of hydrogen-bond acceptors (Lipinski definition) is 10. The summed E-state index contributed by atoms with van der Waals surface area (Å²) in [6.07, 6.45) is 0.776. The molecule has 1 aliphatic rings. The second kappa shape index (κ2) is 16.5. The zero-order valence-corrected chi connectivity index (χ0v) is 31.1. The van der Waals surface area contributed by atoms with Gasteiger partial charge in [-0.1, -0.05) is 12.1 Å². The molecule has 0 N–H and O–H groups in total. The summed E-state index contributed by atoms with van der Waals surface area (Å²) in [7, 11) is -0.534. The van der Waals surface area contributed by atoms with Gasteiger partial charge in [-0.25, -0.2) is 39.7 Å². The summed E-state index contributed by atoms with van der Waals surface area (Å²) in [5.74, 6) is -8.16. The normalized spacial score (nSPS) is 15.9. The number of rotatable bonds is 14. The van der Waals surface area contributed by atoms with E-state index >= 15 is 13.2 Å². The number of piperidine rings is 1. The lowest BCUT2D eigenvalue weighted by molar-refractivity contribution is -0.136. The molecule has 1 saturated heterocycles. The number of nitrogens with zero attached hydrogens (tertiary/aromatic N) is 4. The highest BCUT2D eigenvalue weighted by atomic mass is 32.2. The molecule has 1 aromatic heterocycles. The molecule has 18 heteroatoms. The second-order valence-corrected chi connectivity index (χ2v) is 15.0. The molecule has 2 atom stereocenters. The number of anilines is 1. The smallest absolute Gasteiger partial charge is 0.269 e. The van der Waals surface area contributed by atoms with Gasteiger partial charge in [0.2, 0.25) is 11.0 Å². The van der Waals surface area contributed by atoms with Crippen LogP contribution in [-0.4, -0.2) is 63.1 Å². The van der Waals surface area contributed by atoms with Crippen LogP contribution < -0.4 is 23.3 Å². The third kappa shape index (κ3) is 8.44. The Morgan fingerprint density at radius 3 is 2.20 bits per heavy atom. The summed E-state index contributed by atoms with van der Waals surface area (Å²) < 4.78 is 129. The minimum atomic E-state index is -4.85. The SMILES string of the molecule is COc1ccc(CN2C[C@@H](COc3cc(F)c(S(=O)(=O)N(Cc4ccc(OC)cc4OC)c4ncns4)cc3F)C(c3cc(F)c(F)cc3F)CC2=O)cc1. The van der Waals surface area contributed by atoms with Crippen molar-refractivity contribution in [2.75, 3.05) is 38.8 Å². The fraction of sp³-hybridized carbons (Fsp3) is 0.270. The number of aromatic nitrogens is 2. The van der Waals surface area contributed by atoms with E-state index in [0.717, 1.165) is 16.2 Å². The molecule has 0 bridgehead atoms. The topological polar surface area (TPSA) is 120 Å². The van der Waals surface area contributed by atoms with Crippen LogP contribution in [0.3, 0.4) is 0 Å². The van der Waals surface area contributed by atoms with Gasteiger partial charge in [0, 0.05) is 72.7 Å². The molecule has 290 valence electrons. The number of sulfonamides is 1. The van der Waals surface area contributed by atoms with E-state index in [2.05, 4.69) is 9.36 Å². The Bertz CT molecular complexity index is 2280. The highest BCUT2D eigenvalue weighted by molar-refractivity contribution is 7.93. The molecule has 1 amide bonds. The van der Waals surface area contributed by atoms with Crippen molar-refractivity contribution in [1.82, 2.24) is 14.3 Å². The lowest BCUT2D eigenvalue weighted by Gasteiger charge is -2.38. The average Bonchev–Trinajstić information content (AvgIpc) is 3.71. The molecule has 0 aliphatic carbocycles. The summed E-state index contributed by atoms with van der Waals surface area (Å²) in [6.45, 7) is -0.822. The number of carbonyl (C=O) groups is 1. The largest absolute Gasteiger partial charge is 0.497 e. The summed E-state index contributed by atoms with van der Waals surface area (Å²) in [5.41, 5.74) is 0.787. The molecule has 0 radical (unpaired) electrons. The summed E-state index contributed by atoms with van der Waals surface area (Å²) in [4.78, 5) is 17.7. The molecule has 1 aliphatic heterocycles. The molecule has 6 rings (SSSR count). The van der Waals surface area contributed by atoms with Crippen LogP contribution in [0.2, 0.25) is 0 Å². The molecule has 2 heterocycles. The third-order valence-corrected chi connectivity index (χ3v) is 11.7. The Hall–Kier alpha value is -5.49. The van der Waals surface area contributed by atoms with Crippen molar-refractivity contribution in [3.05, 3.63) is 119 Å². The van der Waals surface area contributed by atoms with Crippen LogP contribution in [0.1, 0.15) is 29.0 Å².